The minimum absolute atomic E-state index is 0.0657. The highest BCUT2D eigenvalue weighted by Gasteiger charge is 2.30. The summed E-state index contributed by atoms with van der Waals surface area (Å²) in [6, 6.07) is 17.3. The van der Waals surface area contributed by atoms with Crippen LogP contribution in [0.2, 0.25) is 10.2 Å². The number of nitrogens with zero attached hydrogens (tertiary/aromatic N) is 5. The third-order valence-electron chi connectivity index (χ3n) is 7.31. The van der Waals surface area contributed by atoms with Crippen molar-refractivity contribution in [3.63, 3.8) is 0 Å². The van der Waals surface area contributed by atoms with Crippen LogP contribution in [-0.2, 0) is 15.3 Å². The molecule has 2 fully saturated rings. The summed E-state index contributed by atoms with van der Waals surface area (Å²) in [4.78, 5) is 41.0. The summed E-state index contributed by atoms with van der Waals surface area (Å²) < 4.78 is 5.18. The maximum atomic E-state index is 13.3. The van der Waals surface area contributed by atoms with Crippen LogP contribution in [0.25, 0.3) is 0 Å². The van der Waals surface area contributed by atoms with Crippen LogP contribution < -0.4 is 9.80 Å². The number of carbonyl (C=O) groups excluding carboxylic acids is 2. The Labute approximate surface area is 255 Å². The average molecular weight is 615 g/mol. The van der Waals surface area contributed by atoms with Crippen LogP contribution >= 0.6 is 35.0 Å². The van der Waals surface area contributed by atoms with Gasteiger partial charge in [0.2, 0.25) is 0 Å². The maximum absolute atomic E-state index is 13.3. The zero-order valence-electron chi connectivity index (χ0n) is 23.0. The number of anilines is 2. The number of benzene rings is 2. The molecule has 1 amide bonds. The van der Waals surface area contributed by atoms with E-state index in [2.05, 4.69) is 20.9 Å². The molecule has 5 rings (SSSR count). The number of hydrogen-bond donors (Lipinski definition) is 0. The van der Waals surface area contributed by atoms with E-state index in [9.17, 15) is 9.59 Å². The largest absolute Gasteiger partial charge is 0.466 e. The smallest absolute Gasteiger partial charge is 0.310 e. The predicted molar refractivity (Wildman–Crippen MR) is 164 cm³/mol. The van der Waals surface area contributed by atoms with Crippen LogP contribution in [0.5, 0.6) is 0 Å². The molecule has 0 N–H and O–H groups in total. The van der Waals surface area contributed by atoms with Crippen molar-refractivity contribution in [2.75, 3.05) is 55.7 Å². The van der Waals surface area contributed by atoms with Crippen LogP contribution in [-0.4, -0.2) is 72.6 Å². The first kappa shape index (κ1) is 29.5. The summed E-state index contributed by atoms with van der Waals surface area (Å²) in [7, 11) is 0. The Morgan fingerprint density at radius 2 is 1.76 bits per heavy atom. The van der Waals surface area contributed by atoms with Gasteiger partial charge in [0.15, 0.2) is 5.16 Å². The first-order chi connectivity index (χ1) is 19.9. The number of aromatic nitrogens is 2. The van der Waals surface area contributed by atoms with Gasteiger partial charge in [-0.25, -0.2) is 9.97 Å². The van der Waals surface area contributed by atoms with Crippen molar-refractivity contribution in [3.05, 3.63) is 75.9 Å². The molecule has 2 aromatic carbocycles. The van der Waals surface area contributed by atoms with E-state index >= 15 is 0 Å². The van der Waals surface area contributed by atoms with Crippen molar-refractivity contribution < 1.29 is 14.3 Å². The Morgan fingerprint density at radius 3 is 2.54 bits per heavy atom. The van der Waals surface area contributed by atoms with E-state index < -0.39 is 0 Å². The van der Waals surface area contributed by atoms with Crippen molar-refractivity contribution in [1.29, 1.82) is 0 Å². The Balaban J connectivity index is 1.19. The number of ether oxygens (including phenoxy) is 1. The fourth-order valence-corrected chi connectivity index (χ4v) is 6.43. The number of hydrogen-bond acceptors (Lipinski definition) is 8. The minimum Gasteiger partial charge on any atom is -0.466 e. The summed E-state index contributed by atoms with van der Waals surface area (Å²) in [6.45, 7) is 6.49. The van der Waals surface area contributed by atoms with Gasteiger partial charge < -0.3 is 19.4 Å². The third kappa shape index (κ3) is 7.64. The van der Waals surface area contributed by atoms with Crippen LogP contribution in [0, 0.1) is 5.92 Å². The van der Waals surface area contributed by atoms with E-state index in [1.165, 1.54) is 11.8 Å². The molecule has 0 saturated carbocycles. The average Bonchev–Trinajstić information content (AvgIpc) is 3.00. The molecule has 216 valence electrons. The summed E-state index contributed by atoms with van der Waals surface area (Å²) in [5.41, 5.74) is 2.71. The first-order valence-electron chi connectivity index (χ1n) is 13.9. The molecule has 3 heterocycles. The molecule has 2 saturated heterocycles. The lowest BCUT2D eigenvalue weighted by Gasteiger charge is -2.36. The number of likely N-dealkylation sites (tertiary alicyclic amines) is 1. The van der Waals surface area contributed by atoms with Gasteiger partial charge in [0, 0.05) is 67.4 Å². The van der Waals surface area contributed by atoms with E-state index in [4.69, 9.17) is 32.9 Å². The third-order valence-corrected chi connectivity index (χ3v) is 8.66. The van der Waals surface area contributed by atoms with Gasteiger partial charge >= 0.3 is 5.97 Å². The molecule has 0 bridgehead atoms. The highest BCUT2D eigenvalue weighted by molar-refractivity contribution is 7.98. The lowest BCUT2D eigenvalue weighted by Crippen LogP contribution is -2.46. The number of esters is 1. The van der Waals surface area contributed by atoms with Gasteiger partial charge in [-0.15, -0.1) is 0 Å². The molecule has 11 heteroatoms. The molecule has 3 aromatic rings. The summed E-state index contributed by atoms with van der Waals surface area (Å²) in [6.07, 6.45) is 1.54. The maximum Gasteiger partial charge on any atom is 0.310 e. The fourth-order valence-electron chi connectivity index (χ4n) is 5.22. The molecule has 2 aliphatic heterocycles. The van der Waals surface area contributed by atoms with Crippen molar-refractivity contribution in [3.8, 4) is 0 Å². The molecular weight excluding hydrogens is 581 g/mol. The predicted octanol–water partition coefficient (Wildman–Crippen LogP) is 5.82. The molecule has 2 aliphatic rings. The van der Waals surface area contributed by atoms with Crippen LogP contribution in [0.1, 0.15) is 35.7 Å². The number of thioether (sulfide) groups is 1. The van der Waals surface area contributed by atoms with Gasteiger partial charge in [0.25, 0.3) is 5.91 Å². The Bertz CT molecular complexity index is 1390. The highest BCUT2D eigenvalue weighted by Crippen LogP contribution is 2.28. The fraction of sp³-hybridized carbons (Fsp3) is 0.400. The summed E-state index contributed by atoms with van der Waals surface area (Å²) in [5, 5.41) is 1.73. The highest BCUT2D eigenvalue weighted by atomic mass is 35.5. The normalized spacial score (nSPS) is 17.4. The zero-order chi connectivity index (χ0) is 28.8. The minimum atomic E-state index is -0.264. The van der Waals surface area contributed by atoms with Crippen LogP contribution in [0.4, 0.5) is 11.5 Å². The standard InChI is InChI=1S/C30H33Cl2N5O3S/c1-2-40-29(39)23-8-5-11-37(19-23)28(38)22-7-3-6-21(16-22)20-41-30-33-26(32)18-27(34-30)36-14-12-35(13-15-36)25-10-4-9-24(31)17-25/h3-4,6-7,9-10,16-18,23H,2,5,8,11-15,19-20H2,1H3. The van der Waals surface area contributed by atoms with Crippen molar-refractivity contribution in [2.45, 2.75) is 30.7 Å². The SMILES string of the molecule is CCOC(=O)C1CCCN(C(=O)c2cccc(CSc3nc(Cl)cc(N4CCN(c5cccc(Cl)c5)CC4)n3)c2)C1. The summed E-state index contributed by atoms with van der Waals surface area (Å²) >= 11 is 14.1. The molecule has 41 heavy (non-hydrogen) atoms. The van der Waals surface area contributed by atoms with Gasteiger partial charge in [-0.05, 0) is 55.7 Å². The number of carbonyl (C=O) groups is 2. The lowest BCUT2D eigenvalue weighted by molar-refractivity contribution is -0.149. The van der Waals surface area contributed by atoms with E-state index in [1.54, 1.807) is 11.8 Å². The molecule has 0 radical (unpaired) electrons. The topological polar surface area (TPSA) is 78.9 Å². The number of amides is 1. The van der Waals surface area contributed by atoms with Gasteiger partial charge in [-0.1, -0.05) is 53.2 Å². The van der Waals surface area contributed by atoms with E-state index in [-0.39, 0.29) is 17.8 Å². The van der Waals surface area contributed by atoms with Crippen LogP contribution in [0.3, 0.4) is 0 Å². The van der Waals surface area contributed by atoms with E-state index in [0.29, 0.717) is 41.3 Å². The number of piperazine rings is 1. The van der Waals surface area contributed by atoms with E-state index in [1.807, 2.05) is 48.5 Å². The molecule has 0 aliphatic carbocycles. The Morgan fingerprint density at radius 1 is 0.976 bits per heavy atom. The number of piperidine rings is 1. The molecular formula is C30H33Cl2N5O3S. The molecule has 1 atom stereocenters. The second-order valence-electron chi connectivity index (χ2n) is 10.1. The van der Waals surface area contributed by atoms with Crippen molar-refractivity contribution in [1.82, 2.24) is 14.9 Å². The molecule has 8 nitrogen and oxygen atoms in total. The van der Waals surface area contributed by atoms with Gasteiger partial charge in [0.1, 0.15) is 11.0 Å². The molecule has 1 aromatic heterocycles. The quantitative estimate of drug-likeness (QED) is 0.136. The Hall–Kier alpha value is -3.01. The first-order valence-corrected chi connectivity index (χ1v) is 15.6. The van der Waals surface area contributed by atoms with Gasteiger partial charge in [-0.3, -0.25) is 9.59 Å². The molecule has 0 spiro atoms. The number of halogens is 2. The second-order valence-corrected chi connectivity index (χ2v) is 11.9. The van der Waals surface area contributed by atoms with Crippen LogP contribution in [0.15, 0.2) is 59.8 Å². The monoisotopic (exact) mass is 613 g/mol. The number of rotatable bonds is 8. The second kappa shape index (κ2) is 13.8. The van der Waals surface area contributed by atoms with Crippen molar-refractivity contribution >= 4 is 58.3 Å². The lowest BCUT2D eigenvalue weighted by atomic mass is 9.97. The van der Waals surface area contributed by atoms with Crippen molar-refractivity contribution in [2.24, 2.45) is 5.92 Å². The van der Waals surface area contributed by atoms with Gasteiger partial charge in [-0.2, -0.15) is 0 Å². The molecule has 1 unspecified atom stereocenters. The Kier molecular flexibility index (Phi) is 9.90. The van der Waals surface area contributed by atoms with Gasteiger partial charge in [0.05, 0.1) is 12.5 Å². The summed E-state index contributed by atoms with van der Waals surface area (Å²) in [5.74, 6) is 0.849. The zero-order valence-corrected chi connectivity index (χ0v) is 25.3. The van der Waals surface area contributed by atoms with E-state index in [0.717, 1.165) is 61.1 Å².